The maximum Gasteiger partial charge on any atom is 0.312 e. The van der Waals surface area contributed by atoms with Gasteiger partial charge in [0.2, 0.25) is 0 Å². The Balaban J connectivity index is 1.55. The van der Waals surface area contributed by atoms with Crippen molar-refractivity contribution in [2.24, 2.45) is 46.3 Å². The molecule has 0 bridgehead atoms. The summed E-state index contributed by atoms with van der Waals surface area (Å²) >= 11 is 0. The quantitative estimate of drug-likeness (QED) is 0.352. The van der Waals surface area contributed by atoms with E-state index in [1.165, 1.54) is 0 Å². The highest BCUT2D eigenvalue weighted by Gasteiger charge is 2.61. The van der Waals surface area contributed by atoms with Crippen LogP contribution in [0, 0.1) is 46.3 Å². The van der Waals surface area contributed by atoms with Crippen LogP contribution in [0.4, 0.5) is 0 Å². The normalized spacial score (nSPS) is 39.7. The van der Waals surface area contributed by atoms with Gasteiger partial charge in [0.25, 0.3) is 0 Å². The van der Waals surface area contributed by atoms with Crippen molar-refractivity contribution in [1.29, 1.82) is 0 Å². The number of hydrogen-bond donors (Lipinski definition) is 1. The van der Waals surface area contributed by atoms with Crippen LogP contribution in [0.1, 0.15) is 92.9 Å². The molecule has 4 rings (SSSR count). The first kappa shape index (κ1) is 27.3. The molecule has 0 amide bonds. The zero-order valence-electron chi connectivity index (χ0n) is 23.2. The molecule has 0 spiro atoms. The molecule has 0 aromatic heterocycles. The van der Waals surface area contributed by atoms with Gasteiger partial charge in [-0.25, -0.2) is 0 Å². The molecule has 0 radical (unpaired) electrons. The standard InChI is InChI=1S/C31H46O5/c1-8-36-29(35)19(4)17(2)9-10-18(3)21-11-12-22-27-25(33)15-23-20(5)24(32)13-14-30(23,6)28(27)26(34)16-31(21,22)7/h18-24,32H,2,8-16H2,1,3-7H3/t18-,19+,20+,21?,22+,23+,24?,30+,31-/m1/s1. The highest BCUT2D eigenvalue weighted by molar-refractivity contribution is 6.10. The first-order valence-corrected chi connectivity index (χ1v) is 14.2. The van der Waals surface area contributed by atoms with Crippen LogP contribution in [0.25, 0.3) is 0 Å². The van der Waals surface area contributed by atoms with Gasteiger partial charge in [-0.1, -0.05) is 39.8 Å². The molecule has 2 fully saturated rings. The van der Waals surface area contributed by atoms with Crippen LogP contribution >= 0.6 is 0 Å². The number of carbonyl (C=O) groups excluding carboxylic acids is 3. The van der Waals surface area contributed by atoms with E-state index in [2.05, 4.69) is 27.4 Å². The molecular formula is C31H46O5. The molecule has 0 aliphatic heterocycles. The van der Waals surface area contributed by atoms with E-state index in [1.54, 1.807) is 0 Å². The molecule has 0 aromatic rings. The molecule has 36 heavy (non-hydrogen) atoms. The Morgan fingerprint density at radius 1 is 1.17 bits per heavy atom. The third-order valence-corrected chi connectivity index (χ3v) is 11.0. The van der Waals surface area contributed by atoms with Crippen molar-refractivity contribution in [3.8, 4) is 0 Å². The van der Waals surface area contributed by atoms with Crippen molar-refractivity contribution < 1.29 is 24.2 Å². The van der Waals surface area contributed by atoms with Crippen LogP contribution in [-0.2, 0) is 19.1 Å². The Labute approximate surface area is 217 Å². The minimum atomic E-state index is -0.389. The van der Waals surface area contributed by atoms with Crippen LogP contribution in [0.2, 0.25) is 0 Å². The van der Waals surface area contributed by atoms with E-state index < -0.39 is 0 Å². The van der Waals surface area contributed by atoms with Crippen molar-refractivity contribution in [3.63, 3.8) is 0 Å². The summed E-state index contributed by atoms with van der Waals surface area (Å²) in [6.45, 7) is 17.0. The Bertz CT molecular complexity index is 977. The molecule has 5 nitrogen and oxygen atoms in total. The van der Waals surface area contributed by atoms with Gasteiger partial charge in [-0.3, -0.25) is 14.4 Å². The zero-order valence-corrected chi connectivity index (χ0v) is 23.2. The lowest BCUT2D eigenvalue weighted by atomic mass is 9.48. The van der Waals surface area contributed by atoms with Crippen LogP contribution in [-0.4, -0.2) is 35.4 Å². The fraction of sp³-hybridized carbons (Fsp3) is 0.774. The summed E-state index contributed by atoms with van der Waals surface area (Å²) in [5, 5.41) is 10.5. The van der Waals surface area contributed by atoms with Gasteiger partial charge >= 0.3 is 5.97 Å². The Morgan fingerprint density at radius 3 is 2.53 bits per heavy atom. The second kappa shape index (κ2) is 9.85. The monoisotopic (exact) mass is 498 g/mol. The average molecular weight is 499 g/mol. The van der Waals surface area contributed by atoms with E-state index in [0.717, 1.165) is 48.8 Å². The summed E-state index contributed by atoms with van der Waals surface area (Å²) in [4.78, 5) is 39.7. The lowest BCUT2D eigenvalue weighted by molar-refractivity contribution is -0.146. The van der Waals surface area contributed by atoms with Gasteiger partial charge in [0.1, 0.15) is 0 Å². The number of hydrogen-bond acceptors (Lipinski definition) is 5. The number of rotatable bonds is 7. The van der Waals surface area contributed by atoms with Crippen molar-refractivity contribution in [3.05, 3.63) is 23.3 Å². The summed E-state index contributed by atoms with van der Waals surface area (Å²) < 4.78 is 5.16. The summed E-state index contributed by atoms with van der Waals surface area (Å²) in [6.07, 6.45) is 5.72. The summed E-state index contributed by atoms with van der Waals surface area (Å²) in [5.41, 5.74) is 2.08. The highest BCUT2D eigenvalue weighted by atomic mass is 16.5. The van der Waals surface area contributed by atoms with Gasteiger partial charge in [-0.15, -0.1) is 0 Å². The lowest BCUT2D eigenvalue weighted by Gasteiger charge is -2.55. The average Bonchev–Trinajstić information content (AvgIpc) is 3.17. The fourth-order valence-electron chi connectivity index (χ4n) is 8.69. The maximum absolute atomic E-state index is 13.9. The van der Waals surface area contributed by atoms with Gasteiger partial charge in [-0.2, -0.15) is 0 Å². The maximum atomic E-state index is 13.9. The fourth-order valence-corrected chi connectivity index (χ4v) is 8.69. The van der Waals surface area contributed by atoms with E-state index >= 15 is 0 Å². The second-order valence-corrected chi connectivity index (χ2v) is 12.9. The Hall–Kier alpha value is -1.75. The van der Waals surface area contributed by atoms with Crippen LogP contribution in [0.5, 0.6) is 0 Å². The first-order valence-electron chi connectivity index (χ1n) is 14.2. The third-order valence-electron chi connectivity index (χ3n) is 11.0. The lowest BCUT2D eigenvalue weighted by Crippen LogP contribution is -2.53. The second-order valence-electron chi connectivity index (χ2n) is 12.9. The molecule has 2 saturated carbocycles. The summed E-state index contributed by atoms with van der Waals surface area (Å²) in [6, 6.07) is 0. The number of ketones is 2. The molecule has 9 atom stereocenters. The largest absolute Gasteiger partial charge is 0.466 e. The number of ether oxygens (including phenoxy) is 1. The van der Waals surface area contributed by atoms with Crippen molar-refractivity contribution >= 4 is 17.5 Å². The Morgan fingerprint density at radius 2 is 1.86 bits per heavy atom. The van der Waals surface area contributed by atoms with E-state index in [9.17, 15) is 19.5 Å². The molecule has 0 saturated heterocycles. The van der Waals surface area contributed by atoms with E-state index in [4.69, 9.17) is 4.74 Å². The van der Waals surface area contributed by atoms with Gasteiger partial charge in [0.05, 0.1) is 18.6 Å². The van der Waals surface area contributed by atoms with Crippen molar-refractivity contribution in [1.82, 2.24) is 0 Å². The van der Waals surface area contributed by atoms with Crippen LogP contribution in [0.15, 0.2) is 23.3 Å². The van der Waals surface area contributed by atoms with Crippen LogP contribution in [0.3, 0.4) is 0 Å². The van der Waals surface area contributed by atoms with Gasteiger partial charge in [-0.05, 0) is 87.4 Å². The highest BCUT2D eigenvalue weighted by Crippen LogP contribution is 2.65. The number of aliphatic hydroxyl groups excluding tert-OH is 1. The van der Waals surface area contributed by atoms with Crippen LogP contribution < -0.4 is 0 Å². The number of fused-ring (bicyclic) bond motifs is 4. The molecule has 0 aromatic carbocycles. The van der Waals surface area contributed by atoms with E-state index in [1.807, 2.05) is 20.8 Å². The number of Topliss-reactive ketones (excluding diaryl/α,β-unsaturated/α-hetero) is 2. The SMILES string of the molecule is C=C(CC[C@@H](C)C1CC[C@H]2C3=C(C(=O)C[C@]12C)[C@@]1(C)CCC(O)[C@@H](C)[C@@H]1CC3=O)[C@H](C)C(=O)OCC. The molecular weight excluding hydrogens is 452 g/mol. The number of allylic oxidation sites excluding steroid dienone is 2. The van der Waals surface area contributed by atoms with E-state index in [0.29, 0.717) is 37.7 Å². The molecule has 2 unspecified atom stereocenters. The third kappa shape index (κ3) is 4.23. The molecule has 4 aliphatic rings. The smallest absolute Gasteiger partial charge is 0.312 e. The van der Waals surface area contributed by atoms with Crippen molar-refractivity contribution in [2.45, 2.75) is 99.0 Å². The minimum absolute atomic E-state index is 0.0318. The molecule has 5 heteroatoms. The number of esters is 1. The molecule has 0 heterocycles. The number of carbonyl (C=O) groups is 3. The predicted molar refractivity (Wildman–Crippen MR) is 140 cm³/mol. The van der Waals surface area contributed by atoms with Gasteiger partial charge < -0.3 is 9.84 Å². The minimum Gasteiger partial charge on any atom is -0.466 e. The first-order chi connectivity index (χ1) is 16.9. The van der Waals surface area contributed by atoms with E-state index in [-0.39, 0.29) is 58.1 Å². The van der Waals surface area contributed by atoms with Crippen molar-refractivity contribution in [2.75, 3.05) is 6.61 Å². The topological polar surface area (TPSA) is 80.7 Å². The Kier molecular flexibility index (Phi) is 7.47. The predicted octanol–water partition coefficient (Wildman–Crippen LogP) is 5.85. The van der Waals surface area contributed by atoms with Gasteiger partial charge in [0, 0.05) is 29.4 Å². The summed E-state index contributed by atoms with van der Waals surface area (Å²) in [5.74, 6) is 0.755. The number of aliphatic hydroxyl groups is 1. The molecule has 200 valence electrons. The molecule has 4 aliphatic carbocycles. The molecule has 1 N–H and O–H groups in total. The van der Waals surface area contributed by atoms with Gasteiger partial charge in [0.15, 0.2) is 11.6 Å². The zero-order chi connectivity index (χ0) is 26.6. The summed E-state index contributed by atoms with van der Waals surface area (Å²) in [7, 11) is 0.